The Labute approximate surface area is 260 Å². The first-order valence-electron chi connectivity index (χ1n) is 13.7. The number of sulfone groups is 1. The van der Waals surface area contributed by atoms with Gasteiger partial charge in [0, 0.05) is 26.2 Å². The van der Waals surface area contributed by atoms with E-state index in [2.05, 4.69) is 0 Å². The number of rotatable bonds is 12. The van der Waals surface area contributed by atoms with Crippen molar-refractivity contribution in [2.24, 2.45) is 0 Å². The lowest BCUT2D eigenvalue weighted by Crippen LogP contribution is -2.52. The lowest BCUT2D eigenvalue weighted by Gasteiger charge is -2.34. The normalized spacial score (nSPS) is 15.5. The second-order valence-electron chi connectivity index (χ2n) is 9.74. The monoisotopic (exact) mass is 663 g/mol. The molecule has 1 aromatic heterocycles. The highest BCUT2D eigenvalue weighted by atomic mass is 32.3. The summed E-state index contributed by atoms with van der Waals surface area (Å²) in [5.41, 5.74) is 2.05. The van der Waals surface area contributed by atoms with Crippen LogP contribution in [-0.4, -0.2) is 87.1 Å². The van der Waals surface area contributed by atoms with Gasteiger partial charge < -0.3 is 14.7 Å². The van der Waals surface area contributed by atoms with E-state index in [-0.39, 0.29) is 45.1 Å². The molecule has 0 bridgehead atoms. The Morgan fingerprint density at radius 2 is 1.59 bits per heavy atom. The van der Waals surface area contributed by atoms with Crippen LogP contribution >= 0.6 is 11.3 Å². The average Bonchev–Trinajstić information content (AvgIpc) is 3.56. The topological polar surface area (TPSA) is 171 Å². The molecule has 0 spiro atoms. The average molecular weight is 664 g/mol. The predicted octanol–water partition coefficient (Wildman–Crippen LogP) is 2.24. The second-order valence-corrected chi connectivity index (χ2v) is 15.2. The van der Waals surface area contributed by atoms with Gasteiger partial charge in [0.05, 0.1) is 17.1 Å². The van der Waals surface area contributed by atoms with E-state index >= 15 is 0 Å². The summed E-state index contributed by atoms with van der Waals surface area (Å²) in [5.74, 6) is -1.13. The number of thiophene rings is 1. The van der Waals surface area contributed by atoms with Crippen molar-refractivity contribution in [1.82, 2.24) is 14.7 Å². The maximum Gasteiger partial charge on any atom is 0.276 e. The van der Waals surface area contributed by atoms with Crippen LogP contribution in [0.5, 0.6) is 5.75 Å². The standard InChI is InChI=1S/C29H33N3O9S3/c1-2-41-22-13-11-21(12-14-22)7-6-10-24(27(33)28(34)30-36)29(35)31-17-19-32(20-18-31)44(39,40)26-16-15-25(42-26)43(37,38)23-8-4-3-5-9-23/h3-5,8-16,27,33,36H,2,6-7,17-20H2,1H3,(H,30,34)/b24-10+/t27-/m0/s1. The molecule has 12 nitrogen and oxygen atoms in total. The first-order valence-corrected chi connectivity index (χ1v) is 17.5. The van der Waals surface area contributed by atoms with Crippen molar-refractivity contribution >= 4 is 43.0 Å². The Bertz CT molecular complexity index is 1700. The lowest BCUT2D eigenvalue weighted by atomic mass is 10.0. The van der Waals surface area contributed by atoms with Gasteiger partial charge >= 0.3 is 0 Å². The van der Waals surface area contributed by atoms with Crippen LogP contribution in [-0.2, 0) is 35.9 Å². The summed E-state index contributed by atoms with van der Waals surface area (Å²) in [7, 11) is -7.95. The molecule has 1 fully saturated rings. The summed E-state index contributed by atoms with van der Waals surface area (Å²) in [6, 6.07) is 17.6. The molecule has 0 saturated carbocycles. The number of amides is 2. The number of nitrogens with zero attached hydrogens (tertiary/aromatic N) is 2. The van der Waals surface area contributed by atoms with Crippen molar-refractivity contribution in [3.8, 4) is 5.75 Å². The predicted molar refractivity (Wildman–Crippen MR) is 162 cm³/mol. The zero-order valence-electron chi connectivity index (χ0n) is 23.8. The highest BCUT2D eigenvalue weighted by Gasteiger charge is 2.35. The first kappa shape index (κ1) is 33.3. The zero-order chi connectivity index (χ0) is 31.9. The van der Waals surface area contributed by atoms with Gasteiger partial charge in [-0.1, -0.05) is 36.4 Å². The molecule has 1 aliphatic rings. The Morgan fingerprint density at radius 3 is 2.20 bits per heavy atom. The number of sulfonamides is 1. The third-order valence-electron chi connectivity index (χ3n) is 6.93. The van der Waals surface area contributed by atoms with Crippen molar-refractivity contribution in [3.63, 3.8) is 0 Å². The maximum absolute atomic E-state index is 13.4. The SMILES string of the molecule is CCOc1ccc(CC/C=C(/C(=O)N2CCN(S(=O)(=O)c3ccc(S(=O)(=O)c4ccccc4)s3)CC2)[C@H](O)C(=O)NO)cc1. The number of allylic oxidation sites excluding steroid dienone is 1. The number of aryl methyl sites for hydroxylation is 1. The minimum Gasteiger partial charge on any atom is -0.494 e. The number of piperazine rings is 1. The van der Waals surface area contributed by atoms with Gasteiger partial charge in [0.2, 0.25) is 9.84 Å². The number of carbonyl (C=O) groups is 2. The van der Waals surface area contributed by atoms with Crippen LogP contribution in [0.4, 0.5) is 0 Å². The van der Waals surface area contributed by atoms with E-state index in [1.54, 1.807) is 18.2 Å². The fourth-order valence-corrected chi connectivity index (χ4v) is 9.34. The summed E-state index contributed by atoms with van der Waals surface area (Å²) in [5, 5.41) is 19.5. The summed E-state index contributed by atoms with van der Waals surface area (Å²) in [6.45, 7) is 2.16. The first-order chi connectivity index (χ1) is 21.0. The molecule has 2 heterocycles. The van der Waals surface area contributed by atoms with Crippen molar-refractivity contribution in [2.45, 2.75) is 39.2 Å². The van der Waals surface area contributed by atoms with Gasteiger partial charge in [-0.2, -0.15) is 4.31 Å². The third-order valence-corrected chi connectivity index (χ3v) is 12.6. The van der Waals surface area contributed by atoms with E-state index in [4.69, 9.17) is 9.94 Å². The van der Waals surface area contributed by atoms with Crippen LogP contribution in [0.3, 0.4) is 0 Å². The van der Waals surface area contributed by atoms with Gasteiger partial charge in [-0.3, -0.25) is 14.8 Å². The lowest BCUT2D eigenvalue weighted by molar-refractivity contribution is -0.139. The number of carbonyl (C=O) groups excluding carboxylic acids is 2. The number of hydrogen-bond acceptors (Lipinski definition) is 10. The Hall–Kier alpha value is -3.60. The van der Waals surface area contributed by atoms with Crippen molar-refractivity contribution in [3.05, 3.63) is 83.9 Å². The van der Waals surface area contributed by atoms with Crippen molar-refractivity contribution < 1.29 is 41.5 Å². The van der Waals surface area contributed by atoms with Crippen LogP contribution in [0.2, 0.25) is 0 Å². The molecule has 44 heavy (non-hydrogen) atoms. The molecule has 1 atom stereocenters. The molecule has 2 aromatic carbocycles. The molecule has 4 rings (SSSR count). The number of ether oxygens (including phenoxy) is 1. The molecule has 0 radical (unpaired) electrons. The fourth-order valence-electron chi connectivity index (χ4n) is 4.58. The van der Waals surface area contributed by atoms with Gasteiger partial charge in [-0.25, -0.2) is 22.3 Å². The molecule has 236 valence electrons. The number of nitrogens with one attached hydrogen (secondary N) is 1. The molecule has 15 heteroatoms. The largest absolute Gasteiger partial charge is 0.494 e. The minimum atomic E-state index is -4.06. The molecule has 1 aliphatic heterocycles. The van der Waals surface area contributed by atoms with Gasteiger partial charge in [-0.15, -0.1) is 11.3 Å². The highest BCUT2D eigenvalue weighted by Crippen LogP contribution is 2.32. The van der Waals surface area contributed by atoms with Crippen LogP contribution in [0.15, 0.2) is 91.7 Å². The second kappa shape index (κ2) is 14.5. The van der Waals surface area contributed by atoms with Crippen molar-refractivity contribution in [2.75, 3.05) is 32.8 Å². The number of benzene rings is 2. The quantitative estimate of drug-likeness (QED) is 0.149. The Kier molecular flexibility index (Phi) is 10.9. The molecule has 1 saturated heterocycles. The zero-order valence-corrected chi connectivity index (χ0v) is 26.3. The van der Waals surface area contributed by atoms with E-state index in [0.29, 0.717) is 30.8 Å². The fraction of sp³-hybridized carbons (Fsp3) is 0.310. The van der Waals surface area contributed by atoms with E-state index in [0.717, 1.165) is 15.6 Å². The molecule has 0 unspecified atom stereocenters. The third kappa shape index (κ3) is 7.54. The van der Waals surface area contributed by atoms with Crippen molar-refractivity contribution in [1.29, 1.82) is 0 Å². The van der Waals surface area contributed by atoms with Crippen LogP contribution in [0.1, 0.15) is 18.9 Å². The summed E-state index contributed by atoms with van der Waals surface area (Å²) in [4.78, 5) is 26.8. The molecule has 2 amide bonds. The number of aliphatic hydroxyl groups is 1. The smallest absolute Gasteiger partial charge is 0.276 e. The van der Waals surface area contributed by atoms with E-state index < -0.39 is 37.8 Å². The summed E-state index contributed by atoms with van der Waals surface area (Å²) < 4.78 is 58.9. The molecule has 3 aromatic rings. The van der Waals surface area contributed by atoms with Gasteiger partial charge in [-0.05, 0) is 61.7 Å². The van der Waals surface area contributed by atoms with Gasteiger partial charge in [0.15, 0.2) is 6.10 Å². The molecular formula is C29H33N3O9S3. The summed E-state index contributed by atoms with van der Waals surface area (Å²) in [6.07, 6.45) is 0.282. The number of hydrogen-bond donors (Lipinski definition) is 3. The maximum atomic E-state index is 13.4. The molecule has 3 N–H and O–H groups in total. The van der Waals surface area contributed by atoms with Crippen LogP contribution in [0, 0.1) is 0 Å². The minimum absolute atomic E-state index is 0.0394. The molecule has 0 aliphatic carbocycles. The van der Waals surface area contributed by atoms with Gasteiger partial charge in [0.25, 0.3) is 21.8 Å². The Morgan fingerprint density at radius 1 is 0.955 bits per heavy atom. The summed E-state index contributed by atoms with van der Waals surface area (Å²) >= 11 is 0.652. The van der Waals surface area contributed by atoms with Crippen LogP contribution in [0.25, 0.3) is 0 Å². The van der Waals surface area contributed by atoms with E-state index in [9.17, 15) is 31.5 Å². The van der Waals surface area contributed by atoms with Gasteiger partial charge in [0.1, 0.15) is 14.2 Å². The van der Waals surface area contributed by atoms with E-state index in [1.165, 1.54) is 40.7 Å². The van der Waals surface area contributed by atoms with E-state index in [1.807, 2.05) is 31.2 Å². The Balaban J connectivity index is 1.43. The number of aliphatic hydroxyl groups excluding tert-OH is 1. The van der Waals surface area contributed by atoms with Crippen LogP contribution < -0.4 is 10.2 Å². The highest BCUT2D eigenvalue weighted by molar-refractivity contribution is 7.95. The number of hydroxylamine groups is 1. The molecular weight excluding hydrogens is 631 g/mol.